The maximum absolute atomic E-state index is 12.4. The van der Waals surface area contributed by atoms with Crippen LogP contribution in [-0.4, -0.2) is 41.7 Å². The van der Waals surface area contributed by atoms with E-state index in [0.717, 1.165) is 24.0 Å². The molecule has 1 fully saturated rings. The van der Waals surface area contributed by atoms with E-state index in [2.05, 4.69) is 5.32 Å². The maximum Gasteiger partial charge on any atom is 0.253 e. The summed E-state index contributed by atoms with van der Waals surface area (Å²) in [5, 5.41) is 2.87. The fraction of sp³-hybridized carbons (Fsp3) is 0.467. The molecule has 1 heterocycles. The lowest BCUT2D eigenvalue weighted by Crippen LogP contribution is -2.46. The molecule has 0 spiro atoms. The summed E-state index contributed by atoms with van der Waals surface area (Å²) >= 11 is 5.47. The van der Waals surface area contributed by atoms with E-state index in [0.29, 0.717) is 13.1 Å². The summed E-state index contributed by atoms with van der Waals surface area (Å²) < 4.78 is 0. The van der Waals surface area contributed by atoms with Crippen LogP contribution in [0, 0.1) is 6.92 Å². The minimum atomic E-state index is -0.143. The maximum atomic E-state index is 12.4. The lowest BCUT2D eigenvalue weighted by molar-refractivity contribution is -0.119. The number of likely N-dealkylation sites (tertiary alicyclic amines) is 1. The minimum absolute atomic E-state index is 0.0115. The average molecular weight is 295 g/mol. The second-order valence-corrected chi connectivity index (χ2v) is 5.40. The highest BCUT2D eigenvalue weighted by atomic mass is 35.5. The van der Waals surface area contributed by atoms with Gasteiger partial charge in [-0.1, -0.05) is 17.7 Å². The third-order valence-corrected chi connectivity index (χ3v) is 3.78. The van der Waals surface area contributed by atoms with E-state index in [-0.39, 0.29) is 23.7 Å². The van der Waals surface area contributed by atoms with Crippen LogP contribution in [0.2, 0.25) is 0 Å². The van der Waals surface area contributed by atoms with Gasteiger partial charge in [0.05, 0.1) is 0 Å². The highest BCUT2D eigenvalue weighted by Gasteiger charge is 2.24. The number of hydrogen-bond acceptors (Lipinski definition) is 2. The van der Waals surface area contributed by atoms with Crippen LogP contribution in [0.5, 0.6) is 0 Å². The van der Waals surface area contributed by atoms with Gasteiger partial charge in [0.25, 0.3) is 5.91 Å². The molecule has 2 amide bonds. The molecule has 0 saturated carbocycles. The van der Waals surface area contributed by atoms with Gasteiger partial charge >= 0.3 is 0 Å². The molecular weight excluding hydrogens is 276 g/mol. The van der Waals surface area contributed by atoms with Crippen LogP contribution in [0.1, 0.15) is 28.8 Å². The number of carbonyl (C=O) groups is 2. The number of piperidine rings is 1. The predicted molar refractivity (Wildman–Crippen MR) is 79.0 cm³/mol. The predicted octanol–water partition coefficient (Wildman–Crippen LogP) is 1.95. The van der Waals surface area contributed by atoms with E-state index < -0.39 is 0 Å². The van der Waals surface area contributed by atoms with Crippen LogP contribution in [0.15, 0.2) is 24.3 Å². The van der Waals surface area contributed by atoms with E-state index in [4.69, 9.17) is 11.6 Å². The summed E-state index contributed by atoms with van der Waals surface area (Å²) in [6.07, 6.45) is 1.56. The number of rotatable bonds is 3. The quantitative estimate of drug-likeness (QED) is 0.866. The standard InChI is InChI=1S/C15H19ClN2O2/c1-11-3-2-4-12(9-11)15(20)18-7-5-13(6-8-18)17-14(19)10-16/h2-4,9,13H,5-8,10H2,1H3,(H,17,19). The van der Waals surface area contributed by atoms with Crippen molar-refractivity contribution < 1.29 is 9.59 Å². The van der Waals surface area contributed by atoms with Crippen molar-refractivity contribution in [3.63, 3.8) is 0 Å². The molecule has 108 valence electrons. The monoisotopic (exact) mass is 294 g/mol. The van der Waals surface area contributed by atoms with Crippen molar-refractivity contribution in [1.29, 1.82) is 0 Å². The van der Waals surface area contributed by atoms with Gasteiger partial charge < -0.3 is 10.2 Å². The third-order valence-electron chi connectivity index (χ3n) is 3.53. The van der Waals surface area contributed by atoms with Gasteiger partial charge in [0.2, 0.25) is 5.91 Å². The molecule has 5 heteroatoms. The summed E-state index contributed by atoms with van der Waals surface area (Å²) in [7, 11) is 0. The second kappa shape index (κ2) is 6.75. The van der Waals surface area contributed by atoms with Gasteiger partial charge in [0, 0.05) is 24.7 Å². The number of hydrogen-bond donors (Lipinski definition) is 1. The van der Waals surface area contributed by atoms with Crippen molar-refractivity contribution >= 4 is 23.4 Å². The molecule has 0 unspecified atom stereocenters. The SMILES string of the molecule is Cc1cccc(C(=O)N2CCC(NC(=O)CCl)CC2)c1. The summed E-state index contributed by atoms with van der Waals surface area (Å²) in [4.78, 5) is 25.4. The molecule has 1 aliphatic rings. The first-order valence-corrected chi connectivity index (χ1v) is 7.35. The molecule has 20 heavy (non-hydrogen) atoms. The van der Waals surface area contributed by atoms with Crippen molar-refractivity contribution in [3.05, 3.63) is 35.4 Å². The zero-order valence-corrected chi connectivity index (χ0v) is 12.3. The molecule has 1 aromatic rings. The van der Waals surface area contributed by atoms with Gasteiger partial charge in [-0.3, -0.25) is 9.59 Å². The Hall–Kier alpha value is -1.55. The molecule has 0 radical (unpaired) electrons. The number of carbonyl (C=O) groups excluding carboxylic acids is 2. The fourth-order valence-electron chi connectivity index (χ4n) is 2.45. The smallest absolute Gasteiger partial charge is 0.253 e. The van der Waals surface area contributed by atoms with Gasteiger partial charge in [-0.25, -0.2) is 0 Å². The Morgan fingerprint density at radius 2 is 2.05 bits per heavy atom. The first-order chi connectivity index (χ1) is 9.60. The molecule has 1 aromatic carbocycles. The van der Waals surface area contributed by atoms with E-state index in [1.54, 1.807) is 0 Å². The van der Waals surface area contributed by atoms with Crippen LogP contribution in [-0.2, 0) is 4.79 Å². The lowest BCUT2D eigenvalue weighted by Gasteiger charge is -2.32. The normalized spacial score (nSPS) is 16.0. The Morgan fingerprint density at radius 1 is 1.35 bits per heavy atom. The molecule has 0 bridgehead atoms. The number of aryl methyl sites for hydroxylation is 1. The number of halogens is 1. The number of amides is 2. The van der Waals surface area contributed by atoms with Crippen LogP contribution < -0.4 is 5.32 Å². The Balaban J connectivity index is 1.90. The van der Waals surface area contributed by atoms with Crippen molar-refractivity contribution in [3.8, 4) is 0 Å². The fourth-order valence-corrected chi connectivity index (χ4v) is 2.53. The first kappa shape index (κ1) is 14.9. The van der Waals surface area contributed by atoms with Crippen molar-refractivity contribution in [1.82, 2.24) is 10.2 Å². The molecule has 2 rings (SSSR count). The van der Waals surface area contributed by atoms with Crippen molar-refractivity contribution in [2.75, 3.05) is 19.0 Å². The Kier molecular flexibility index (Phi) is 5.01. The largest absolute Gasteiger partial charge is 0.352 e. The van der Waals surface area contributed by atoms with Crippen LogP contribution in [0.25, 0.3) is 0 Å². The summed E-state index contributed by atoms with van der Waals surface area (Å²) in [6, 6.07) is 7.75. The zero-order valence-electron chi connectivity index (χ0n) is 11.6. The second-order valence-electron chi connectivity index (χ2n) is 5.14. The van der Waals surface area contributed by atoms with Gasteiger partial charge in [-0.15, -0.1) is 11.6 Å². The number of alkyl halides is 1. The van der Waals surface area contributed by atoms with E-state index in [1.165, 1.54) is 0 Å². The van der Waals surface area contributed by atoms with E-state index in [9.17, 15) is 9.59 Å². The summed E-state index contributed by atoms with van der Waals surface area (Å²) in [6.45, 7) is 3.31. The number of benzene rings is 1. The van der Waals surface area contributed by atoms with Crippen LogP contribution >= 0.6 is 11.6 Å². The minimum Gasteiger partial charge on any atom is -0.352 e. The van der Waals surface area contributed by atoms with Gasteiger partial charge in [-0.2, -0.15) is 0 Å². The molecule has 1 aliphatic heterocycles. The van der Waals surface area contributed by atoms with Gasteiger partial charge in [-0.05, 0) is 31.9 Å². The van der Waals surface area contributed by atoms with Crippen LogP contribution in [0.3, 0.4) is 0 Å². The van der Waals surface area contributed by atoms with E-state index >= 15 is 0 Å². The molecular formula is C15H19ClN2O2. The molecule has 1 N–H and O–H groups in total. The van der Waals surface area contributed by atoms with Crippen molar-refractivity contribution in [2.24, 2.45) is 0 Å². The third kappa shape index (κ3) is 3.73. The summed E-state index contributed by atoms with van der Waals surface area (Å²) in [5.74, 6) is -0.0893. The van der Waals surface area contributed by atoms with Gasteiger partial charge in [0.15, 0.2) is 0 Å². The van der Waals surface area contributed by atoms with Gasteiger partial charge in [0.1, 0.15) is 5.88 Å². The average Bonchev–Trinajstić information content (AvgIpc) is 2.47. The topological polar surface area (TPSA) is 49.4 Å². The number of nitrogens with one attached hydrogen (secondary N) is 1. The zero-order chi connectivity index (χ0) is 14.5. The Labute approximate surface area is 124 Å². The van der Waals surface area contributed by atoms with Crippen molar-refractivity contribution in [2.45, 2.75) is 25.8 Å². The molecule has 0 aromatic heterocycles. The Morgan fingerprint density at radius 3 is 2.65 bits per heavy atom. The first-order valence-electron chi connectivity index (χ1n) is 6.81. The molecule has 1 saturated heterocycles. The molecule has 4 nitrogen and oxygen atoms in total. The Bertz CT molecular complexity index is 496. The molecule has 0 atom stereocenters. The molecule has 0 aliphatic carbocycles. The lowest BCUT2D eigenvalue weighted by atomic mass is 10.0. The van der Waals surface area contributed by atoms with Crippen LogP contribution in [0.4, 0.5) is 0 Å². The highest BCUT2D eigenvalue weighted by Crippen LogP contribution is 2.15. The highest BCUT2D eigenvalue weighted by molar-refractivity contribution is 6.27. The number of nitrogens with zero attached hydrogens (tertiary/aromatic N) is 1. The van der Waals surface area contributed by atoms with E-state index in [1.807, 2.05) is 36.1 Å². The summed E-state index contributed by atoms with van der Waals surface area (Å²) in [5.41, 5.74) is 1.81.